The fraction of sp³-hybridized carbons (Fsp3) is 0. The third-order valence-corrected chi connectivity index (χ3v) is 21.4. The summed E-state index contributed by atoms with van der Waals surface area (Å²) in [5.41, 5.74) is 10.5. The summed E-state index contributed by atoms with van der Waals surface area (Å²) in [5, 5.41) is 17.8. The van der Waals surface area contributed by atoms with Gasteiger partial charge >= 0.3 is 0 Å². The fourth-order valence-electron chi connectivity index (χ4n) is 15.0. The lowest BCUT2D eigenvalue weighted by molar-refractivity contribution is 0.670. The van der Waals surface area contributed by atoms with Gasteiger partial charge in [0, 0.05) is 67.8 Å². The molecular weight excluding hydrogens is 1230 g/mol. The van der Waals surface area contributed by atoms with Crippen molar-refractivity contribution < 1.29 is 25.0 Å². The molecule has 0 amide bonds. The predicted molar refractivity (Wildman–Crippen MR) is 430 cm³/mol. The quantitative estimate of drug-likeness (QED) is 0.151. The van der Waals surface area contributed by atoms with Crippen molar-refractivity contribution in [2.45, 2.75) is 0 Å². The van der Waals surface area contributed by atoms with E-state index in [-0.39, 0.29) is 101 Å². The summed E-state index contributed by atoms with van der Waals surface area (Å²) in [4.78, 5) is 0. The Morgan fingerprint density at radius 1 is 0.212 bits per heavy atom. The van der Waals surface area contributed by atoms with Gasteiger partial charge in [0.15, 0.2) is 0 Å². The highest BCUT2D eigenvalue weighted by atomic mass is 32.1. The van der Waals surface area contributed by atoms with Crippen molar-refractivity contribution in [1.29, 1.82) is 0 Å². The molecule has 0 aliphatic heterocycles. The fourth-order valence-corrected chi connectivity index (χ4v) is 17.3. The van der Waals surface area contributed by atoms with Crippen molar-refractivity contribution in [2.75, 3.05) is 0 Å². The van der Waals surface area contributed by atoms with Crippen LogP contribution >= 0.6 is 22.7 Å². The maximum absolute atomic E-state index is 8.74. The highest BCUT2D eigenvalue weighted by Crippen LogP contribution is 2.51. The van der Waals surface area contributed by atoms with Crippen molar-refractivity contribution >= 4 is 150 Å². The van der Waals surface area contributed by atoms with E-state index in [0.29, 0.717) is 16.7 Å². The molecule has 0 bridgehead atoms. The van der Waals surface area contributed by atoms with E-state index in [1.54, 1.807) is 22.7 Å². The van der Waals surface area contributed by atoms with Crippen molar-refractivity contribution in [3.63, 3.8) is 0 Å². The first-order valence-corrected chi connectivity index (χ1v) is 34.3. The lowest BCUT2D eigenvalue weighted by Gasteiger charge is -2.18. The Kier molecular flexibility index (Phi) is 11.0. The molecule has 0 saturated heterocycles. The lowest BCUT2D eigenvalue weighted by Crippen LogP contribution is -1.90. The molecule has 462 valence electrons. The third kappa shape index (κ3) is 9.80. The number of hydrogen-bond acceptors (Lipinski definition) is 3. The standard InChI is InChI=1S/C32H20O.2C32H20S/c2*1-2-11-21(12-3-1)30-23-14-4-6-16-25(23)31(26-17-7-5-15-24(26)30)28-19-10-18-27-22-13-8-9-20-29(22)33-32(27)28;1-2-10-21(11-3-1)31-24-13-4-6-15-26(24)32(27-16-7-5-14-25(27)31)22-18-19-30-28(20-22)23-12-8-9-17-29(23)33-30/h3*1-20H/i2*1D,2D,3D,11D,12D;1D,2D,3D,10D,11D. The number of furan rings is 1. The Hall–Kier alpha value is -12.2. The van der Waals surface area contributed by atoms with Crippen LogP contribution < -0.4 is 0 Å². The van der Waals surface area contributed by atoms with Gasteiger partial charge in [-0.15, -0.1) is 22.7 Å². The van der Waals surface area contributed by atoms with Crippen LogP contribution in [0.5, 0.6) is 0 Å². The number of benzene rings is 18. The normalized spacial score (nSPS) is 13.8. The minimum absolute atomic E-state index is 0.189. The van der Waals surface area contributed by atoms with Crippen LogP contribution in [0.1, 0.15) is 20.6 Å². The molecular formula is C96H60OS2. The monoisotopic (exact) mass is 1310 g/mol. The van der Waals surface area contributed by atoms with Gasteiger partial charge in [-0.25, -0.2) is 0 Å². The van der Waals surface area contributed by atoms with Gasteiger partial charge < -0.3 is 4.42 Å². The van der Waals surface area contributed by atoms with Crippen molar-refractivity contribution in [3.05, 3.63) is 364 Å². The molecule has 0 N–H and O–H groups in total. The second-order valence-electron chi connectivity index (χ2n) is 24.4. The van der Waals surface area contributed by atoms with E-state index < -0.39 is 6.04 Å². The second-order valence-corrected chi connectivity index (χ2v) is 26.5. The van der Waals surface area contributed by atoms with E-state index in [2.05, 4.69) is 127 Å². The molecule has 3 heterocycles. The number of rotatable bonds is 6. The van der Waals surface area contributed by atoms with Crippen molar-refractivity contribution in [1.82, 2.24) is 0 Å². The largest absolute Gasteiger partial charge is 0.455 e. The summed E-state index contributed by atoms with van der Waals surface area (Å²) in [6.07, 6.45) is 0. The molecule has 0 fully saturated rings. The predicted octanol–water partition coefficient (Wildman–Crippen LogP) is 28.6. The molecule has 0 unspecified atom stereocenters. The van der Waals surface area contributed by atoms with Crippen LogP contribution in [0.3, 0.4) is 0 Å². The summed E-state index contributed by atoms with van der Waals surface area (Å²) in [6, 6.07) is 87.5. The van der Waals surface area contributed by atoms with Crippen LogP contribution in [0.4, 0.5) is 0 Å². The summed E-state index contributed by atoms with van der Waals surface area (Å²) in [5.74, 6) is 0. The average Bonchev–Trinajstić information content (AvgIpc) is 0.800. The number of para-hydroxylation sites is 2. The van der Waals surface area contributed by atoms with Crippen LogP contribution in [-0.4, -0.2) is 0 Å². The van der Waals surface area contributed by atoms with E-state index in [4.69, 9.17) is 25.0 Å². The molecule has 3 heteroatoms. The number of fused-ring (bicyclic) bond motifs is 15. The van der Waals surface area contributed by atoms with E-state index >= 15 is 0 Å². The zero-order valence-corrected chi connectivity index (χ0v) is 54.3. The molecule has 0 saturated carbocycles. The van der Waals surface area contributed by atoms with Crippen LogP contribution in [0, 0.1) is 0 Å². The topological polar surface area (TPSA) is 13.1 Å². The summed E-state index contributed by atoms with van der Waals surface area (Å²) >= 11 is 3.57. The Morgan fingerprint density at radius 2 is 0.525 bits per heavy atom. The van der Waals surface area contributed by atoms with Gasteiger partial charge in [0.2, 0.25) is 0 Å². The number of hydrogen-bond donors (Lipinski definition) is 0. The Balaban J connectivity index is 0.000000115. The molecule has 21 aromatic rings. The zero-order chi connectivity index (χ0) is 78.4. The maximum atomic E-state index is 8.74. The first-order chi connectivity index (χ1) is 55.4. The lowest BCUT2D eigenvalue weighted by atomic mass is 9.85. The molecule has 0 aliphatic carbocycles. The second kappa shape index (κ2) is 24.4. The third-order valence-electron chi connectivity index (χ3n) is 19.1. The SMILES string of the molecule is [2H]c1c([2H])c([2H])c(-c2c3ccccc3c(-c3ccc4sc5ccccc5c4c3)c3ccccc23)c([2H])c1[2H].[2H]c1c([2H])c([2H])c(-c2c3ccccc3c(-c3cccc4c3oc3ccccc34)c3ccccc23)c([2H])c1[2H].[2H]c1c([2H])c([2H])c(-c2c3ccccc3c(-c3cccc4c3sc3ccccc34)c3ccccc23)c([2H])c1[2H]. The van der Waals surface area contributed by atoms with Crippen molar-refractivity contribution in [3.8, 4) is 66.8 Å². The zero-order valence-electron chi connectivity index (χ0n) is 67.7. The maximum Gasteiger partial charge on any atom is 0.143 e. The molecule has 0 aliphatic rings. The minimum atomic E-state index is -0.398. The van der Waals surface area contributed by atoms with Crippen molar-refractivity contribution in [2.24, 2.45) is 0 Å². The van der Waals surface area contributed by atoms with Crippen LogP contribution in [-0.2, 0) is 0 Å². The van der Waals surface area contributed by atoms with Gasteiger partial charge in [0.1, 0.15) is 11.2 Å². The van der Waals surface area contributed by atoms with Gasteiger partial charge in [-0.05, 0) is 145 Å². The van der Waals surface area contributed by atoms with Gasteiger partial charge in [-0.2, -0.15) is 0 Å². The Labute approximate surface area is 601 Å². The molecule has 21 rings (SSSR count). The molecule has 0 radical (unpaired) electrons. The van der Waals surface area contributed by atoms with E-state index in [1.165, 1.54) is 40.3 Å². The minimum Gasteiger partial charge on any atom is -0.455 e. The summed E-state index contributed by atoms with van der Waals surface area (Å²) < 4.78 is 138. The average molecular weight is 1310 g/mol. The smallest absolute Gasteiger partial charge is 0.143 e. The van der Waals surface area contributed by atoms with Crippen LogP contribution in [0.2, 0.25) is 0 Å². The molecule has 3 aromatic heterocycles. The van der Waals surface area contributed by atoms with Crippen LogP contribution in [0.25, 0.3) is 194 Å². The molecule has 99 heavy (non-hydrogen) atoms. The van der Waals surface area contributed by atoms with Gasteiger partial charge in [-0.1, -0.05) is 333 Å². The molecule has 0 atom stereocenters. The van der Waals surface area contributed by atoms with E-state index in [1.807, 2.05) is 146 Å². The van der Waals surface area contributed by atoms with E-state index in [0.717, 1.165) is 120 Å². The Morgan fingerprint density at radius 3 is 0.970 bits per heavy atom. The first-order valence-electron chi connectivity index (χ1n) is 40.1. The van der Waals surface area contributed by atoms with E-state index in [9.17, 15) is 0 Å². The van der Waals surface area contributed by atoms with Gasteiger partial charge in [-0.3, -0.25) is 0 Å². The summed E-state index contributed by atoms with van der Waals surface area (Å²) in [7, 11) is 0. The summed E-state index contributed by atoms with van der Waals surface area (Å²) in [6.45, 7) is 0. The molecule has 0 spiro atoms. The highest BCUT2D eigenvalue weighted by molar-refractivity contribution is 7.26. The Bertz CT molecular complexity index is 7140. The van der Waals surface area contributed by atoms with Gasteiger partial charge in [0.05, 0.1) is 20.6 Å². The number of thiophene rings is 2. The highest BCUT2D eigenvalue weighted by Gasteiger charge is 2.23. The van der Waals surface area contributed by atoms with Crippen LogP contribution in [0.15, 0.2) is 368 Å². The first kappa shape index (κ1) is 44.5. The van der Waals surface area contributed by atoms with Gasteiger partial charge in [0.25, 0.3) is 0 Å². The molecule has 1 nitrogen and oxygen atoms in total. The molecule has 18 aromatic carbocycles.